The summed E-state index contributed by atoms with van der Waals surface area (Å²) in [6, 6.07) is 6.01. The summed E-state index contributed by atoms with van der Waals surface area (Å²) in [4.78, 5) is 18.1. The van der Waals surface area contributed by atoms with Crippen molar-refractivity contribution in [2.24, 2.45) is 0 Å². The van der Waals surface area contributed by atoms with Crippen LogP contribution in [0.2, 0.25) is 5.02 Å². The van der Waals surface area contributed by atoms with Gasteiger partial charge < -0.3 is 4.90 Å². The van der Waals surface area contributed by atoms with E-state index in [0.29, 0.717) is 11.0 Å². The van der Waals surface area contributed by atoms with Crippen molar-refractivity contribution in [1.29, 1.82) is 0 Å². The molecule has 0 aliphatic carbocycles. The minimum absolute atomic E-state index is 0.0532. The summed E-state index contributed by atoms with van der Waals surface area (Å²) in [5.74, 6) is 0.695. The molecule has 142 valence electrons. The first kappa shape index (κ1) is 20.7. The van der Waals surface area contributed by atoms with Gasteiger partial charge in [0.05, 0.1) is 15.7 Å². The van der Waals surface area contributed by atoms with Gasteiger partial charge in [-0.1, -0.05) is 49.3 Å². The van der Waals surface area contributed by atoms with Crippen molar-refractivity contribution >= 4 is 39.2 Å². The molecule has 0 bridgehead atoms. The highest BCUT2D eigenvalue weighted by Crippen LogP contribution is 2.24. The van der Waals surface area contributed by atoms with Crippen molar-refractivity contribution in [3.63, 3.8) is 0 Å². The molecule has 1 amide bonds. The zero-order valence-electron chi connectivity index (χ0n) is 15.0. The minimum Gasteiger partial charge on any atom is -0.329 e. The molecular formula is C16H21ClN4O3S2. The Morgan fingerprint density at radius 1 is 1.31 bits per heavy atom. The van der Waals surface area contributed by atoms with E-state index in [2.05, 4.69) is 10.1 Å². The number of carbonyl (C=O) groups excluding carboxylic acids is 1. The summed E-state index contributed by atoms with van der Waals surface area (Å²) in [6.45, 7) is 3.85. The quantitative estimate of drug-likeness (QED) is 0.672. The van der Waals surface area contributed by atoms with Crippen LogP contribution in [0, 0.1) is 0 Å². The second kappa shape index (κ2) is 8.41. The van der Waals surface area contributed by atoms with E-state index in [4.69, 9.17) is 11.6 Å². The number of aromatic nitrogens is 3. The fourth-order valence-corrected chi connectivity index (χ4v) is 5.17. The lowest BCUT2D eigenvalue weighted by Crippen LogP contribution is -2.29. The Morgan fingerprint density at radius 2 is 1.96 bits per heavy atom. The van der Waals surface area contributed by atoms with E-state index in [1.54, 1.807) is 32.3 Å². The molecule has 0 aliphatic rings. The van der Waals surface area contributed by atoms with Crippen LogP contribution in [0.1, 0.15) is 25.6 Å². The van der Waals surface area contributed by atoms with Crippen LogP contribution in [0.25, 0.3) is 0 Å². The van der Waals surface area contributed by atoms with Gasteiger partial charge in [0.2, 0.25) is 0 Å². The van der Waals surface area contributed by atoms with E-state index in [1.807, 2.05) is 13.8 Å². The Labute approximate surface area is 162 Å². The van der Waals surface area contributed by atoms with Crippen LogP contribution in [0.4, 0.5) is 4.79 Å². The van der Waals surface area contributed by atoms with Crippen molar-refractivity contribution in [3.8, 4) is 0 Å². The Kier molecular flexibility index (Phi) is 6.70. The molecule has 0 radical (unpaired) electrons. The van der Waals surface area contributed by atoms with Gasteiger partial charge in [0, 0.05) is 25.8 Å². The molecule has 0 saturated heterocycles. The Morgan fingerprint density at radius 3 is 2.54 bits per heavy atom. The number of rotatable bonds is 6. The smallest absolute Gasteiger partial charge is 0.329 e. The van der Waals surface area contributed by atoms with Gasteiger partial charge in [0.15, 0.2) is 20.8 Å². The molecule has 1 aromatic carbocycles. The SMILES string of the molecule is CC(C)c1nc(SCCS(=O)(=O)c2ccccc2Cl)n(C(=O)N(C)C)n1. The van der Waals surface area contributed by atoms with Crippen molar-refractivity contribution < 1.29 is 13.2 Å². The molecule has 0 fully saturated rings. The normalized spacial score (nSPS) is 11.8. The van der Waals surface area contributed by atoms with Crippen LogP contribution in [-0.4, -0.2) is 59.7 Å². The van der Waals surface area contributed by atoms with Crippen LogP contribution >= 0.6 is 23.4 Å². The van der Waals surface area contributed by atoms with Crippen molar-refractivity contribution in [1.82, 2.24) is 19.7 Å². The summed E-state index contributed by atoms with van der Waals surface area (Å²) in [7, 11) is -0.285. The van der Waals surface area contributed by atoms with Crippen molar-refractivity contribution in [3.05, 3.63) is 35.1 Å². The molecule has 2 rings (SSSR count). The molecule has 0 unspecified atom stereocenters. The highest BCUT2D eigenvalue weighted by molar-refractivity contribution is 8.00. The minimum atomic E-state index is -3.53. The number of benzene rings is 1. The van der Waals surface area contributed by atoms with Crippen LogP contribution in [-0.2, 0) is 9.84 Å². The molecule has 1 heterocycles. The average molecular weight is 417 g/mol. The van der Waals surface area contributed by atoms with Crippen LogP contribution in [0.5, 0.6) is 0 Å². The summed E-state index contributed by atoms with van der Waals surface area (Å²) in [5, 5.41) is 4.82. The van der Waals surface area contributed by atoms with Gasteiger partial charge >= 0.3 is 6.03 Å². The number of carbonyl (C=O) groups is 1. The Balaban J connectivity index is 2.17. The fraction of sp³-hybridized carbons (Fsp3) is 0.438. The van der Waals surface area contributed by atoms with Crippen molar-refractivity contribution in [2.45, 2.75) is 29.8 Å². The van der Waals surface area contributed by atoms with E-state index in [9.17, 15) is 13.2 Å². The summed E-state index contributed by atoms with van der Waals surface area (Å²) in [6.07, 6.45) is 0. The predicted octanol–water partition coefficient (Wildman–Crippen LogP) is 3.15. The largest absolute Gasteiger partial charge is 0.346 e. The Bertz CT molecular complexity index is 895. The second-order valence-electron chi connectivity index (χ2n) is 6.09. The third kappa shape index (κ3) is 4.77. The number of sulfone groups is 1. The summed E-state index contributed by atoms with van der Waals surface area (Å²) >= 11 is 7.16. The maximum atomic E-state index is 12.5. The van der Waals surface area contributed by atoms with Crippen molar-refractivity contribution in [2.75, 3.05) is 25.6 Å². The number of halogens is 1. The lowest BCUT2D eigenvalue weighted by molar-refractivity contribution is 0.213. The number of nitrogens with zero attached hydrogens (tertiary/aromatic N) is 4. The highest BCUT2D eigenvalue weighted by atomic mass is 35.5. The zero-order chi connectivity index (χ0) is 19.5. The number of hydrogen-bond donors (Lipinski definition) is 0. The Hall–Kier alpha value is -1.58. The van der Waals surface area contributed by atoms with E-state index >= 15 is 0 Å². The molecule has 0 atom stereocenters. The predicted molar refractivity (Wildman–Crippen MR) is 103 cm³/mol. The number of amides is 1. The third-order valence-corrected chi connectivity index (χ3v) is 6.83. The molecule has 2 aromatic rings. The first-order chi connectivity index (χ1) is 12.1. The van der Waals surface area contributed by atoms with Crippen LogP contribution < -0.4 is 0 Å². The highest BCUT2D eigenvalue weighted by Gasteiger charge is 2.22. The topological polar surface area (TPSA) is 85.2 Å². The van der Waals surface area contributed by atoms with Gasteiger partial charge in [0.25, 0.3) is 0 Å². The molecule has 0 aliphatic heterocycles. The lowest BCUT2D eigenvalue weighted by Gasteiger charge is -2.11. The molecular weight excluding hydrogens is 396 g/mol. The zero-order valence-corrected chi connectivity index (χ0v) is 17.4. The third-order valence-electron chi connectivity index (χ3n) is 3.43. The van der Waals surface area contributed by atoms with Gasteiger partial charge in [-0.3, -0.25) is 0 Å². The number of hydrogen-bond acceptors (Lipinski definition) is 6. The van der Waals surface area contributed by atoms with E-state index < -0.39 is 9.84 Å². The molecule has 0 N–H and O–H groups in total. The van der Waals surface area contributed by atoms with Gasteiger partial charge in [-0.15, -0.1) is 5.10 Å². The molecule has 26 heavy (non-hydrogen) atoms. The van der Waals surface area contributed by atoms with E-state index in [1.165, 1.54) is 27.4 Å². The summed E-state index contributed by atoms with van der Waals surface area (Å²) < 4.78 is 26.1. The van der Waals surface area contributed by atoms with Crippen LogP contribution in [0.15, 0.2) is 34.3 Å². The first-order valence-electron chi connectivity index (χ1n) is 7.92. The van der Waals surface area contributed by atoms with Gasteiger partial charge in [0.1, 0.15) is 0 Å². The van der Waals surface area contributed by atoms with Crippen LogP contribution in [0.3, 0.4) is 0 Å². The fourth-order valence-electron chi connectivity index (χ4n) is 2.01. The molecule has 0 spiro atoms. The molecule has 0 saturated carbocycles. The second-order valence-corrected chi connectivity index (χ2v) is 9.64. The van der Waals surface area contributed by atoms with Gasteiger partial charge in [-0.25, -0.2) is 18.2 Å². The lowest BCUT2D eigenvalue weighted by atomic mass is 10.2. The number of thioether (sulfide) groups is 1. The molecule has 10 heteroatoms. The van der Waals surface area contributed by atoms with Gasteiger partial charge in [-0.05, 0) is 12.1 Å². The summed E-state index contributed by atoms with van der Waals surface area (Å²) in [5.41, 5.74) is 0. The van der Waals surface area contributed by atoms with E-state index in [-0.39, 0.29) is 33.4 Å². The van der Waals surface area contributed by atoms with Gasteiger partial charge in [-0.2, -0.15) is 4.68 Å². The average Bonchev–Trinajstić information content (AvgIpc) is 2.98. The maximum Gasteiger partial charge on any atom is 0.346 e. The standard InChI is InChI=1S/C16H21ClN4O3S2/c1-11(2)14-18-15(21(19-14)16(22)20(3)4)25-9-10-26(23,24)13-8-6-5-7-12(13)17/h5-8,11H,9-10H2,1-4H3. The maximum absolute atomic E-state index is 12.5. The molecule has 7 nitrogen and oxygen atoms in total. The first-order valence-corrected chi connectivity index (χ1v) is 10.9. The molecule has 1 aromatic heterocycles. The monoisotopic (exact) mass is 416 g/mol. The van der Waals surface area contributed by atoms with E-state index in [0.717, 1.165) is 0 Å².